The van der Waals surface area contributed by atoms with Gasteiger partial charge in [0.1, 0.15) is 0 Å². The average molecular weight is 140 g/mol. The van der Waals surface area contributed by atoms with E-state index in [9.17, 15) is 9.70 Å². The first-order valence-electron chi connectivity index (χ1n) is 3.75. The first-order valence-corrected chi connectivity index (χ1v) is 3.75. The number of carbonyl (C=O) groups excluding carboxylic acids is 1. The molecule has 1 aliphatic carbocycles. The Kier molecular flexibility index (Phi) is 1.13. The molecule has 3 heteroatoms. The van der Waals surface area contributed by atoms with Gasteiger partial charge < -0.3 is 0 Å². The highest BCUT2D eigenvalue weighted by atomic mass is 16.3. The second-order valence-electron chi connectivity index (χ2n) is 3.15. The Bertz CT molecular complexity index is 180. The number of fused-ring (bicyclic) bond motifs is 1. The second-order valence-corrected chi connectivity index (χ2v) is 3.15. The summed E-state index contributed by atoms with van der Waals surface area (Å²) in [5, 5.41) is 0. The summed E-state index contributed by atoms with van der Waals surface area (Å²) in [6.45, 7) is 0.148. The van der Waals surface area contributed by atoms with Gasteiger partial charge in [0, 0.05) is 16.1 Å². The highest BCUT2D eigenvalue weighted by molar-refractivity contribution is 5.84. The predicted molar refractivity (Wildman–Crippen MR) is 34.6 cm³/mol. The fourth-order valence-electron chi connectivity index (χ4n) is 2.05. The zero-order chi connectivity index (χ0) is 7.14. The van der Waals surface area contributed by atoms with Gasteiger partial charge in [-0.15, -0.1) is 0 Å². The number of rotatable bonds is 0. The van der Waals surface area contributed by atoms with Gasteiger partial charge in [0.25, 0.3) is 0 Å². The van der Waals surface area contributed by atoms with Crippen molar-refractivity contribution in [2.24, 2.45) is 5.92 Å². The molecule has 54 valence electrons. The molecule has 1 aliphatic heterocycles. The minimum absolute atomic E-state index is 0.0486. The molecule has 0 amide bonds. The van der Waals surface area contributed by atoms with Gasteiger partial charge in [-0.25, -0.2) is 0 Å². The molecule has 10 heavy (non-hydrogen) atoms. The lowest BCUT2D eigenvalue weighted by Gasteiger charge is -1.94. The third kappa shape index (κ3) is 0.632. The van der Waals surface area contributed by atoms with E-state index in [0.717, 1.165) is 24.0 Å². The maximum Gasteiger partial charge on any atom is 0.250 e. The maximum atomic E-state index is 11.0. The molecule has 2 atom stereocenters. The zero-order valence-electron chi connectivity index (χ0n) is 5.75. The Morgan fingerprint density at radius 1 is 1.40 bits per heavy atom. The van der Waals surface area contributed by atoms with Crippen LogP contribution in [-0.4, -0.2) is 23.1 Å². The molecular weight excluding hydrogens is 130 g/mol. The molecule has 0 aromatic rings. The molecule has 0 radical (unpaired) electrons. The third-order valence-corrected chi connectivity index (χ3v) is 2.57. The molecule has 0 spiro atoms. The van der Waals surface area contributed by atoms with E-state index in [0.29, 0.717) is 0 Å². The molecule has 1 saturated heterocycles. The molecule has 2 rings (SSSR count). The van der Waals surface area contributed by atoms with E-state index >= 15 is 0 Å². The van der Waals surface area contributed by atoms with E-state index in [1.165, 1.54) is 0 Å². The SMILES string of the molecule is O=C1C[N+](=O)C2CCCC12. The van der Waals surface area contributed by atoms with Crippen LogP contribution in [0.15, 0.2) is 0 Å². The fraction of sp³-hybridized carbons (Fsp3) is 0.857. The number of Topliss-reactive ketones (excluding diaryl/α,β-unsaturated/α-hetero) is 1. The smallest absolute Gasteiger partial charge is 0.250 e. The molecule has 1 heterocycles. The zero-order valence-corrected chi connectivity index (χ0v) is 5.75. The summed E-state index contributed by atoms with van der Waals surface area (Å²) in [5.41, 5.74) is 0. The lowest BCUT2D eigenvalue weighted by molar-refractivity contribution is -0.563. The number of nitrogens with zero attached hydrogens (tertiary/aromatic N) is 1. The topological polar surface area (TPSA) is 37.1 Å². The van der Waals surface area contributed by atoms with Crippen LogP contribution < -0.4 is 0 Å². The average Bonchev–Trinajstić information content (AvgIpc) is 2.39. The number of hydrogen-bond acceptors (Lipinski definition) is 2. The third-order valence-electron chi connectivity index (χ3n) is 2.57. The van der Waals surface area contributed by atoms with Gasteiger partial charge in [-0.2, -0.15) is 0 Å². The van der Waals surface area contributed by atoms with E-state index in [2.05, 4.69) is 0 Å². The Morgan fingerprint density at radius 3 is 2.90 bits per heavy atom. The molecule has 1 saturated carbocycles. The Balaban J connectivity index is 2.27. The molecule has 2 aliphatic rings. The van der Waals surface area contributed by atoms with E-state index < -0.39 is 0 Å². The maximum absolute atomic E-state index is 11.0. The summed E-state index contributed by atoms with van der Waals surface area (Å²) in [4.78, 5) is 22.0. The fourth-order valence-corrected chi connectivity index (χ4v) is 2.05. The summed E-state index contributed by atoms with van der Waals surface area (Å²) in [7, 11) is 0. The van der Waals surface area contributed by atoms with Crippen molar-refractivity contribution in [3.05, 3.63) is 4.91 Å². The van der Waals surface area contributed by atoms with Crippen molar-refractivity contribution in [1.82, 2.24) is 0 Å². The highest BCUT2D eigenvalue weighted by Gasteiger charge is 2.50. The molecule has 0 aromatic carbocycles. The molecule has 0 N–H and O–H groups in total. The standard InChI is InChI=1S/C7H10NO2/c9-7-4-8(10)6-3-1-2-5(6)7/h5-6H,1-4H2/q+1. The van der Waals surface area contributed by atoms with Crippen molar-refractivity contribution in [2.45, 2.75) is 25.3 Å². The number of hydrogen-bond donors (Lipinski definition) is 0. The Labute approximate surface area is 59.0 Å². The largest absolute Gasteiger partial charge is 0.292 e. The monoisotopic (exact) mass is 140 g/mol. The Hall–Kier alpha value is -0.730. The van der Waals surface area contributed by atoms with Gasteiger partial charge >= 0.3 is 0 Å². The van der Waals surface area contributed by atoms with Crippen LogP contribution in [0.4, 0.5) is 0 Å². The van der Waals surface area contributed by atoms with Crippen molar-refractivity contribution < 1.29 is 9.55 Å². The van der Waals surface area contributed by atoms with Gasteiger partial charge in [0.2, 0.25) is 18.4 Å². The van der Waals surface area contributed by atoms with Crippen molar-refractivity contribution in [3.63, 3.8) is 0 Å². The van der Waals surface area contributed by atoms with Crippen LogP contribution in [0.1, 0.15) is 19.3 Å². The van der Waals surface area contributed by atoms with Crippen LogP contribution in [0.5, 0.6) is 0 Å². The van der Waals surface area contributed by atoms with Gasteiger partial charge in [-0.3, -0.25) is 4.79 Å². The van der Waals surface area contributed by atoms with Crippen molar-refractivity contribution in [1.29, 1.82) is 0 Å². The van der Waals surface area contributed by atoms with Gasteiger partial charge in [0.05, 0.1) is 5.92 Å². The molecule has 0 aromatic heterocycles. The van der Waals surface area contributed by atoms with Crippen LogP contribution in [0.25, 0.3) is 0 Å². The van der Waals surface area contributed by atoms with E-state index in [1.807, 2.05) is 0 Å². The lowest BCUT2D eigenvalue weighted by Crippen LogP contribution is -2.17. The van der Waals surface area contributed by atoms with Crippen LogP contribution in [0.2, 0.25) is 0 Å². The first-order chi connectivity index (χ1) is 4.79. The Morgan fingerprint density at radius 2 is 2.20 bits per heavy atom. The van der Waals surface area contributed by atoms with E-state index in [4.69, 9.17) is 0 Å². The van der Waals surface area contributed by atoms with Gasteiger partial charge in [-0.1, -0.05) is 0 Å². The molecular formula is C7H10NO2+. The lowest BCUT2D eigenvalue weighted by atomic mass is 10.0. The summed E-state index contributed by atoms with van der Waals surface area (Å²) >= 11 is 0. The van der Waals surface area contributed by atoms with Crippen molar-refractivity contribution in [2.75, 3.05) is 6.54 Å². The number of nitroso groups, excluding NO2 is 1. The summed E-state index contributed by atoms with van der Waals surface area (Å²) in [6, 6.07) is 0.0486. The number of carbonyl (C=O) groups is 1. The molecule has 2 fully saturated rings. The normalized spacial score (nSPS) is 38.8. The predicted octanol–water partition coefficient (Wildman–Crippen LogP) is 0.517. The quantitative estimate of drug-likeness (QED) is 0.460. The van der Waals surface area contributed by atoms with E-state index in [1.54, 1.807) is 0 Å². The first kappa shape index (κ1) is 6.01. The van der Waals surface area contributed by atoms with Crippen LogP contribution in [0, 0.1) is 10.8 Å². The molecule has 3 nitrogen and oxygen atoms in total. The summed E-state index contributed by atoms with van der Waals surface area (Å²) in [6.07, 6.45) is 2.93. The van der Waals surface area contributed by atoms with Gasteiger partial charge in [-0.05, 0) is 12.8 Å². The number of ketones is 1. The van der Waals surface area contributed by atoms with E-state index in [-0.39, 0.29) is 24.3 Å². The van der Waals surface area contributed by atoms with Crippen LogP contribution in [0.3, 0.4) is 0 Å². The highest BCUT2D eigenvalue weighted by Crippen LogP contribution is 2.32. The minimum Gasteiger partial charge on any atom is -0.292 e. The van der Waals surface area contributed by atoms with Crippen LogP contribution >= 0.6 is 0 Å². The van der Waals surface area contributed by atoms with Crippen LogP contribution in [-0.2, 0) is 4.79 Å². The minimum atomic E-state index is 0.0486. The summed E-state index contributed by atoms with van der Waals surface area (Å²) in [5.74, 6) is 0.259. The molecule has 2 unspecified atom stereocenters. The second kappa shape index (κ2) is 1.87. The van der Waals surface area contributed by atoms with Crippen molar-refractivity contribution >= 4 is 5.78 Å². The van der Waals surface area contributed by atoms with Gasteiger partial charge in [0.15, 0.2) is 0 Å². The summed E-state index contributed by atoms with van der Waals surface area (Å²) < 4.78 is 0.958. The van der Waals surface area contributed by atoms with Crippen molar-refractivity contribution in [3.8, 4) is 0 Å². The molecule has 0 bridgehead atoms.